The van der Waals surface area contributed by atoms with Crippen LogP contribution in [0.2, 0.25) is 0 Å². The Bertz CT molecular complexity index is 4530. The molecule has 4 heterocycles. The van der Waals surface area contributed by atoms with E-state index in [9.17, 15) is 5.48 Å². The number of rotatable bonds is 12. The van der Waals surface area contributed by atoms with Gasteiger partial charge in [-0.2, -0.15) is 6.07 Å². The maximum Gasteiger partial charge on any atom is 2.00 e. The average Bonchev–Trinajstić information content (AvgIpc) is 1.26. The molecule has 0 amide bonds. The van der Waals surface area contributed by atoms with Crippen molar-refractivity contribution in [2.75, 3.05) is 0 Å². The third-order valence-corrected chi connectivity index (χ3v) is 14.1. The molecule has 0 spiro atoms. The number of fused-ring (bicyclic) bond motifs is 3. The van der Waals surface area contributed by atoms with Crippen LogP contribution in [0.15, 0.2) is 219 Å². The number of hydrogen-bond acceptors (Lipinski definition) is 5. The monoisotopic (exact) mass is 1200 g/mol. The number of pyridine rings is 1. The molecule has 12 rings (SSSR count). The van der Waals surface area contributed by atoms with Crippen LogP contribution in [-0.4, -0.2) is 39.7 Å². The zero-order chi connectivity index (χ0) is 61.6. The maximum atomic E-state index is 9.22. The molecule has 0 atom stereocenters. The number of ether oxygens (including phenoxy) is 1. The number of nitrogens with zero attached hydrogens (tertiary/aromatic N) is 7. The average molecular weight is 1210 g/mol. The van der Waals surface area contributed by atoms with Crippen molar-refractivity contribution < 1.29 is 48.7 Å². The van der Waals surface area contributed by atoms with Gasteiger partial charge >= 0.3 is 27.1 Å². The molecule has 0 unspecified atom stereocenters. The van der Waals surface area contributed by atoms with E-state index in [4.69, 9.17) is 32.9 Å². The normalized spacial score (nSPS) is 14.4. The summed E-state index contributed by atoms with van der Waals surface area (Å²) in [5.74, 6) is 2.64. The van der Waals surface area contributed by atoms with Crippen molar-refractivity contribution in [3.05, 3.63) is 259 Å². The topological polar surface area (TPSA) is 71.7 Å². The molecule has 0 fully saturated rings. The van der Waals surface area contributed by atoms with Crippen molar-refractivity contribution in [2.24, 2.45) is 0 Å². The smallest absolute Gasteiger partial charge is 0.508 e. The van der Waals surface area contributed by atoms with Crippen LogP contribution in [0.4, 0.5) is 11.4 Å². The summed E-state index contributed by atoms with van der Waals surface area (Å²) in [5, 5.41) is 1.78. The molecule has 11 aromatic rings. The second kappa shape index (κ2) is 20.7. The molecule has 0 saturated heterocycles. The molecule has 0 aliphatic carbocycles. The molecule has 0 bridgehead atoms. The summed E-state index contributed by atoms with van der Waals surface area (Å²) in [5.41, 5.74) is 3.22. The van der Waals surface area contributed by atoms with E-state index < -0.39 is 76.7 Å². The first kappa shape index (κ1) is 40.6. The van der Waals surface area contributed by atoms with Gasteiger partial charge in [0.05, 0.1) is 24.8 Å². The van der Waals surface area contributed by atoms with Gasteiger partial charge in [0.25, 0.3) is 12.4 Å². The molecule has 0 radical (unpaired) electrons. The first-order valence-electron chi connectivity index (χ1n) is 30.3. The van der Waals surface area contributed by atoms with Crippen LogP contribution < -0.4 is 4.74 Å². The Morgan fingerprint density at radius 3 is 1.72 bits per heavy atom. The molecule has 0 N–H and O–H groups in total. The molecule has 1 aliphatic heterocycles. The SMILES string of the molecule is [2H]c1c([2H])c([2H])c(-c2cc(C(C)(C)C)cc(-c3c([2H])c([2H])c([2H])c([2H])c3[2H])c2[N+]2=C=[N+](c3[c-]c(Oc4[c-]c5c(cc4-c4nc(C(C)(C)c6ccccc6)nc(C(C)(C)c6ccccc6)n4)c4ccccc4n5-c4ccccn4)ccc3)C=C2)c([2H])c1[2H].[Pt+2]. The molecule has 8 aromatic carbocycles. The fourth-order valence-corrected chi connectivity index (χ4v) is 9.71. The van der Waals surface area contributed by atoms with Gasteiger partial charge in [0.15, 0.2) is 0 Å². The Labute approximate surface area is 484 Å². The van der Waals surface area contributed by atoms with E-state index in [1.165, 1.54) is 4.58 Å². The summed E-state index contributed by atoms with van der Waals surface area (Å²) in [6.07, 6.45) is 5.05. The summed E-state index contributed by atoms with van der Waals surface area (Å²) in [6, 6.07) is 50.0. The molecular formula is C69H57N7OPt+2. The third-order valence-electron chi connectivity index (χ3n) is 14.1. The Morgan fingerprint density at radius 2 is 1.13 bits per heavy atom. The predicted molar refractivity (Wildman–Crippen MR) is 309 cm³/mol. The van der Waals surface area contributed by atoms with E-state index in [1.54, 1.807) is 53.5 Å². The van der Waals surface area contributed by atoms with Gasteiger partial charge in [-0.3, -0.25) is 0 Å². The van der Waals surface area contributed by atoms with Gasteiger partial charge in [0, 0.05) is 34.0 Å². The van der Waals surface area contributed by atoms with Crippen LogP contribution in [0.25, 0.3) is 61.3 Å². The van der Waals surface area contributed by atoms with Gasteiger partial charge in [-0.05, 0) is 102 Å². The summed E-state index contributed by atoms with van der Waals surface area (Å²) in [7, 11) is 0. The number of para-hydroxylation sites is 1. The van der Waals surface area contributed by atoms with Gasteiger partial charge < -0.3 is 9.30 Å². The summed E-state index contributed by atoms with van der Waals surface area (Å²) < 4.78 is 101. The van der Waals surface area contributed by atoms with Crippen LogP contribution in [0.3, 0.4) is 0 Å². The van der Waals surface area contributed by atoms with Crippen molar-refractivity contribution in [2.45, 2.75) is 64.7 Å². The Balaban J connectivity index is 0.00000800. The Kier molecular flexibility index (Phi) is 10.8. The molecule has 3 aromatic heterocycles. The Morgan fingerprint density at radius 1 is 0.551 bits per heavy atom. The van der Waals surface area contributed by atoms with Gasteiger partial charge in [-0.25, -0.2) is 19.9 Å². The van der Waals surface area contributed by atoms with E-state index in [1.807, 2.05) is 104 Å². The standard InChI is InChI=1S/C69H57N7O.Pt/c1-67(2,3)51-41-55(47-25-12-8-13-26-47)63(56(42-51)48-27-14-9-15-28-48)75-40-39-74(46-75)52-33-24-34-53(43-52)77-61-45-60-57(54-35-20-21-36-59(54)76(60)62-37-22-23-38-70-62)44-58(61)64-71-65(68(4,5)49-29-16-10-17-30-49)73-66(72-64)69(6,7)50-31-18-11-19-32-50;/h8-42,44H,1-7H3;/q;+2/i8D,9D,12D,13D,14D,15D,25D,26D,27D,28D;. The number of aromatic nitrogens is 5. The molecule has 382 valence electrons. The van der Waals surface area contributed by atoms with Crippen molar-refractivity contribution in [3.63, 3.8) is 0 Å². The van der Waals surface area contributed by atoms with Gasteiger partial charge in [0.2, 0.25) is 5.69 Å². The Hall–Kier alpha value is -8.67. The quantitative estimate of drug-likeness (QED) is 0.0900. The van der Waals surface area contributed by atoms with Crippen LogP contribution in [0.5, 0.6) is 11.5 Å². The third kappa shape index (κ3) is 9.64. The van der Waals surface area contributed by atoms with Gasteiger partial charge in [0.1, 0.15) is 29.0 Å². The molecule has 9 heteroatoms. The van der Waals surface area contributed by atoms with Gasteiger partial charge in [-0.1, -0.05) is 193 Å². The predicted octanol–water partition coefficient (Wildman–Crippen LogP) is 16.4. The molecular weight excluding hydrogens is 1140 g/mol. The zero-order valence-electron chi connectivity index (χ0n) is 53.9. The van der Waals surface area contributed by atoms with E-state index in [0.29, 0.717) is 45.6 Å². The summed E-state index contributed by atoms with van der Waals surface area (Å²) in [4.78, 5) is 20.8. The fourth-order valence-electron chi connectivity index (χ4n) is 9.71. The largest absolute Gasteiger partial charge is 2.00 e. The van der Waals surface area contributed by atoms with E-state index in [0.717, 1.165) is 27.4 Å². The molecule has 0 saturated carbocycles. The van der Waals surface area contributed by atoms with E-state index >= 15 is 0 Å². The first-order chi connectivity index (χ1) is 41.4. The van der Waals surface area contributed by atoms with Crippen molar-refractivity contribution in [3.8, 4) is 51.0 Å². The van der Waals surface area contributed by atoms with Crippen molar-refractivity contribution in [1.82, 2.24) is 24.5 Å². The maximum absolute atomic E-state index is 9.22. The minimum atomic E-state index is -0.698. The zero-order valence-corrected chi connectivity index (χ0v) is 46.1. The van der Waals surface area contributed by atoms with Crippen LogP contribution in [0.1, 0.15) is 90.5 Å². The number of hydrogen-bond donors (Lipinski definition) is 0. The van der Waals surface area contributed by atoms with Crippen LogP contribution >= 0.6 is 0 Å². The minimum Gasteiger partial charge on any atom is -0.508 e. The molecule has 78 heavy (non-hydrogen) atoms. The van der Waals surface area contributed by atoms with Gasteiger partial charge in [-0.15, -0.1) is 23.6 Å². The van der Waals surface area contributed by atoms with Crippen LogP contribution in [0, 0.1) is 12.1 Å². The molecule has 1 aliphatic rings. The van der Waals surface area contributed by atoms with Crippen LogP contribution in [-0.2, 0) is 37.3 Å². The second-order valence-electron chi connectivity index (χ2n) is 20.9. The van der Waals surface area contributed by atoms with Crippen molar-refractivity contribution in [1.29, 1.82) is 0 Å². The summed E-state index contributed by atoms with van der Waals surface area (Å²) in [6.45, 7) is 14.2. The molecule has 8 nitrogen and oxygen atoms in total. The van der Waals surface area contributed by atoms with E-state index in [2.05, 4.69) is 76.2 Å². The van der Waals surface area contributed by atoms with Crippen molar-refractivity contribution >= 4 is 39.2 Å². The fraction of sp³-hybridized carbons (Fsp3) is 0.145. The minimum absolute atomic E-state index is 0. The second-order valence-corrected chi connectivity index (χ2v) is 20.9. The van der Waals surface area contributed by atoms with E-state index in [-0.39, 0.29) is 60.5 Å². The summed E-state index contributed by atoms with van der Waals surface area (Å²) >= 11 is 0. The number of benzene rings is 8. The first-order valence-corrected chi connectivity index (χ1v) is 25.3.